The molecular weight excluding hydrogens is 230 g/mol. The molecule has 0 aromatic heterocycles. The Labute approximate surface area is 109 Å². The normalized spacial score (nSPS) is 15.3. The number of urea groups is 1. The van der Waals surface area contributed by atoms with Crippen molar-refractivity contribution in [1.82, 2.24) is 15.1 Å². The highest BCUT2D eigenvalue weighted by molar-refractivity contribution is 5.88. The molecule has 1 N–H and O–H groups in total. The van der Waals surface area contributed by atoms with E-state index in [1.54, 1.807) is 15.9 Å². The highest BCUT2D eigenvalue weighted by atomic mass is 16.2. The molecular formula is C13H23N3O2. The predicted octanol–water partition coefficient (Wildman–Crippen LogP) is 1.22. The number of carbonyl (C=O) groups excluding carboxylic acids is 2. The molecule has 1 saturated heterocycles. The van der Waals surface area contributed by atoms with Gasteiger partial charge in [-0.1, -0.05) is 12.5 Å². The van der Waals surface area contributed by atoms with Crippen molar-refractivity contribution in [3.8, 4) is 0 Å². The Kier molecular flexibility index (Phi) is 5.68. The molecule has 1 fully saturated rings. The van der Waals surface area contributed by atoms with Gasteiger partial charge < -0.3 is 15.1 Å². The fourth-order valence-corrected chi connectivity index (χ4v) is 1.81. The molecule has 3 amide bonds. The monoisotopic (exact) mass is 253 g/mol. The van der Waals surface area contributed by atoms with Gasteiger partial charge in [-0.25, -0.2) is 4.79 Å². The first-order valence-corrected chi connectivity index (χ1v) is 6.51. The molecule has 5 heteroatoms. The Morgan fingerprint density at radius 3 is 2.17 bits per heavy atom. The summed E-state index contributed by atoms with van der Waals surface area (Å²) in [4.78, 5) is 27.1. The van der Waals surface area contributed by atoms with Crippen LogP contribution in [0.15, 0.2) is 11.6 Å². The number of piperazine rings is 1. The van der Waals surface area contributed by atoms with Crippen LogP contribution in [0, 0.1) is 0 Å². The predicted molar refractivity (Wildman–Crippen MR) is 71.3 cm³/mol. The SMILES string of the molecule is CCCNC(=O)N1CCN(C(=O)C=C(C)C)CC1. The number of nitrogens with zero attached hydrogens (tertiary/aromatic N) is 2. The van der Waals surface area contributed by atoms with Gasteiger partial charge >= 0.3 is 6.03 Å². The van der Waals surface area contributed by atoms with Gasteiger partial charge in [0.2, 0.25) is 5.91 Å². The number of carbonyl (C=O) groups is 2. The summed E-state index contributed by atoms with van der Waals surface area (Å²) < 4.78 is 0. The van der Waals surface area contributed by atoms with Crippen molar-refractivity contribution in [2.75, 3.05) is 32.7 Å². The van der Waals surface area contributed by atoms with E-state index in [0.717, 1.165) is 12.0 Å². The molecule has 1 rings (SSSR count). The molecule has 18 heavy (non-hydrogen) atoms. The number of hydrogen-bond acceptors (Lipinski definition) is 2. The Hall–Kier alpha value is -1.52. The Bertz CT molecular complexity index is 327. The zero-order chi connectivity index (χ0) is 13.5. The zero-order valence-corrected chi connectivity index (χ0v) is 11.5. The topological polar surface area (TPSA) is 52.7 Å². The minimum Gasteiger partial charge on any atom is -0.338 e. The van der Waals surface area contributed by atoms with Crippen LogP contribution in [0.4, 0.5) is 4.79 Å². The van der Waals surface area contributed by atoms with Gasteiger partial charge in [0.25, 0.3) is 0 Å². The first kappa shape index (κ1) is 14.5. The maximum atomic E-state index is 11.8. The van der Waals surface area contributed by atoms with Crippen LogP contribution in [-0.2, 0) is 4.79 Å². The number of hydrogen-bond donors (Lipinski definition) is 1. The summed E-state index contributed by atoms with van der Waals surface area (Å²) in [6.45, 7) is 8.99. The summed E-state index contributed by atoms with van der Waals surface area (Å²) in [5.41, 5.74) is 1.00. The van der Waals surface area contributed by atoms with Crippen LogP contribution in [0.3, 0.4) is 0 Å². The highest BCUT2D eigenvalue weighted by Crippen LogP contribution is 2.04. The molecule has 0 saturated carbocycles. The lowest BCUT2D eigenvalue weighted by molar-refractivity contribution is -0.127. The summed E-state index contributed by atoms with van der Waals surface area (Å²) in [5.74, 6) is 0.0450. The lowest BCUT2D eigenvalue weighted by atomic mass is 10.2. The fourth-order valence-electron chi connectivity index (χ4n) is 1.81. The number of nitrogens with one attached hydrogen (secondary N) is 1. The van der Waals surface area contributed by atoms with Gasteiger partial charge in [-0.2, -0.15) is 0 Å². The van der Waals surface area contributed by atoms with Crippen molar-refractivity contribution >= 4 is 11.9 Å². The standard InChI is InChI=1S/C13H23N3O2/c1-4-5-14-13(18)16-8-6-15(7-9-16)12(17)10-11(2)3/h10H,4-9H2,1-3H3,(H,14,18). The molecule has 1 aliphatic heterocycles. The van der Waals surface area contributed by atoms with Crippen LogP contribution >= 0.6 is 0 Å². The Morgan fingerprint density at radius 2 is 1.67 bits per heavy atom. The molecule has 0 radical (unpaired) electrons. The van der Waals surface area contributed by atoms with Gasteiger partial charge in [0, 0.05) is 38.8 Å². The molecule has 0 unspecified atom stereocenters. The maximum Gasteiger partial charge on any atom is 0.317 e. The zero-order valence-electron chi connectivity index (χ0n) is 11.5. The second kappa shape index (κ2) is 7.03. The smallest absolute Gasteiger partial charge is 0.317 e. The third-order valence-electron chi connectivity index (χ3n) is 2.82. The number of amides is 3. The third kappa shape index (κ3) is 4.39. The molecule has 5 nitrogen and oxygen atoms in total. The average molecular weight is 253 g/mol. The Morgan fingerprint density at radius 1 is 1.11 bits per heavy atom. The van der Waals surface area contributed by atoms with Crippen LogP contribution in [0.25, 0.3) is 0 Å². The van der Waals surface area contributed by atoms with Crippen molar-refractivity contribution in [3.05, 3.63) is 11.6 Å². The minimum atomic E-state index is -0.0221. The van der Waals surface area contributed by atoms with Gasteiger partial charge in [-0.05, 0) is 20.3 Å². The second-order valence-corrected chi connectivity index (χ2v) is 4.77. The van der Waals surface area contributed by atoms with Crippen molar-refractivity contribution in [3.63, 3.8) is 0 Å². The van der Waals surface area contributed by atoms with Crippen LogP contribution in [-0.4, -0.2) is 54.5 Å². The van der Waals surface area contributed by atoms with E-state index in [9.17, 15) is 9.59 Å². The molecule has 0 aromatic carbocycles. The number of rotatable bonds is 3. The molecule has 1 heterocycles. The van der Waals surface area contributed by atoms with Crippen molar-refractivity contribution in [2.24, 2.45) is 0 Å². The minimum absolute atomic E-state index is 0.0221. The van der Waals surface area contributed by atoms with Crippen molar-refractivity contribution < 1.29 is 9.59 Å². The summed E-state index contributed by atoms with van der Waals surface area (Å²) in [5, 5.41) is 2.85. The fraction of sp³-hybridized carbons (Fsp3) is 0.692. The highest BCUT2D eigenvalue weighted by Gasteiger charge is 2.22. The van der Waals surface area contributed by atoms with Crippen molar-refractivity contribution in [1.29, 1.82) is 0 Å². The van der Waals surface area contributed by atoms with Gasteiger partial charge in [-0.15, -0.1) is 0 Å². The summed E-state index contributed by atoms with van der Waals surface area (Å²) >= 11 is 0. The van der Waals surface area contributed by atoms with Gasteiger partial charge in [-0.3, -0.25) is 4.79 Å². The van der Waals surface area contributed by atoms with Crippen LogP contribution < -0.4 is 5.32 Å². The van der Waals surface area contributed by atoms with Crippen molar-refractivity contribution in [2.45, 2.75) is 27.2 Å². The quantitative estimate of drug-likeness (QED) is 0.769. The lowest BCUT2D eigenvalue weighted by Gasteiger charge is -2.34. The van der Waals surface area contributed by atoms with Crippen LogP contribution in [0.2, 0.25) is 0 Å². The summed E-state index contributed by atoms with van der Waals surface area (Å²) in [6.07, 6.45) is 2.58. The van der Waals surface area contributed by atoms with Gasteiger partial charge in [0.1, 0.15) is 0 Å². The average Bonchev–Trinajstić information content (AvgIpc) is 2.35. The summed E-state index contributed by atoms with van der Waals surface area (Å²) in [7, 11) is 0. The molecule has 0 atom stereocenters. The van der Waals surface area contributed by atoms with E-state index < -0.39 is 0 Å². The molecule has 0 aromatic rings. The van der Waals surface area contributed by atoms with Crippen LogP contribution in [0.1, 0.15) is 27.2 Å². The molecule has 1 aliphatic rings. The van der Waals surface area contributed by atoms with E-state index in [1.807, 2.05) is 20.8 Å². The van der Waals surface area contributed by atoms with E-state index in [-0.39, 0.29) is 11.9 Å². The van der Waals surface area contributed by atoms with E-state index in [0.29, 0.717) is 32.7 Å². The third-order valence-corrected chi connectivity index (χ3v) is 2.82. The first-order valence-electron chi connectivity index (χ1n) is 6.51. The molecule has 0 aliphatic carbocycles. The summed E-state index contributed by atoms with van der Waals surface area (Å²) in [6, 6.07) is -0.0221. The van der Waals surface area contributed by atoms with E-state index in [2.05, 4.69) is 5.32 Å². The maximum absolute atomic E-state index is 11.8. The Balaban J connectivity index is 2.39. The van der Waals surface area contributed by atoms with Gasteiger partial charge in [0.15, 0.2) is 0 Å². The largest absolute Gasteiger partial charge is 0.338 e. The van der Waals surface area contributed by atoms with Crippen LogP contribution in [0.5, 0.6) is 0 Å². The lowest BCUT2D eigenvalue weighted by Crippen LogP contribution is -2.53. The van der Waals surface area contributed by atoms with Gasteiger partial charge in [0.05, 0.1) is 0 Å². The number of allylic oxidation sites excluding steroid dienone is 1. The molecule has 0 bridgehead atoms. The molecule has 0 spiro atoms. The molecule has 102 valence electrons. The second-order valence-electron chi connectivity index (χ2n) is 4.77. The van der Waals surface area contributed by atoms with E-state index >= 15 is 0 Å². The van der Waals surface area contributed by atoms with E-state index in [1.165, 1.54) is 0 Å². The first-order chi connectivity index (χ1) is 8.54. The van der Waals surface area contributed by atoms with E-state index in [4.69, 9.17) is 0 Å².